The fourth-order valence-electron chi connectivity index (χ4n) is 1.96. The second-order valence-corrected chi connectivity index (χ2v) is 6.45. The topological polar surface area (TPSA) is 79.7 Å². The molecule has 2 rings (SSSR count). The summed E-state index contributed by atoms with van der Waals surface area (Å²) in [6, 6.07) is 2.99. The largest absolute Gasteiger partial charge is 0.392 e. The van der Waals surface area contributed by atoms with Crippen molar-refractivity contribution in [2.24, 2.45) is 0 Å². The number of nitrogens with zero attached hydrogens (tertiary/aromatic N) is 2. The lowest BCUT2D eigenvalue weighted by Gasteiger charge is -2.21. The van der Waals surface area contributed by atoms with Gasteiger partial charge in [-0.05, 0) is 25.0 Å². The van der Waals surface area contributed by atoms with E-state index in [1.165, 1.54) is 16.6 Å². The van der Waals surface area contributed by atoms with E-state index in [1.54, 1.807) is 6.07 Å². The zero-order chi connectivity index (χ0) is 13.9. The Balaban J connectivity index is 2.24. The molecule has 6 nitrogen and oxygen atoms in total. The smallest absolute Gasteiger partial charge is 0.260 e. The number of rotatable bonds is 3. The van der Waals surface area contributed by atoms with Crippen molar-refractivity contribution in [1.29, 1.82) is 0 Å². The second-order valence-electron chi connectivity index (χ2n) is 4.56. The summed E-state index contributed by atoms with van der Waals surface area (Å²) >= 11 is 0. The molecule has 1 unspecified atom stereocenters. The lowest BCUT2D eigenvalue weighted by Crippen LogP contribution is -2.36. The van der Waals surface area contributed by atoms with Crippen molar-refractivity contribution in [3.8, 4) is 0 Å². The van der Waals surface area contributed by atoms with Crippen molar-refractivity contribution < 1.29 is 18.3 Å². The van der Waals surface area contributed by atoms with E-state index in [2.05, 4.69) is 4.98 Å². The van der Waals surface area contributed by atoms with Crippen molar-refractivity contribution in [3.05, 3.63) is 23.9 Å². The van der Waals surface area contributed by atoms with Gasteiger partial charge in [0.1, 0.15) is 0 Å². The maximum atomic E-state index is 12.4. The molecule has 0 amide bonds. The van der Waals surface area contributed by atoms with Crippen LogP contribution in [-0.4, -0.2) is 48.6 Å². The van der Waals surface area contributed by atoms with Gasteiger partial charge in [-0.25, -0.2) is 13.4 Å². The number of hydrogen-bond acceptors (Lipinski definition) is 5. The van der Waals surface area contributed by atoms with Crippen LogP contribution in [-0.2, 0) is 21.4 Å². The highest BCUT2D eigenvalue weighted by atomic mass is 32.2. The molecule has 1 aliphatic heterocycles. The van der Waals surface area contributed by atoms with Gasteiger partial charge in [0, 0.05) is 25.9 Å². The van der Waals surface area contributed by atoms with Crippen LogP contribution in [0.1, 0.15) is 18.9 Å². The summed E-state index contributed by atoms with van der Waals surface area (Å²) in [5.74, 6) is 0. The third-order valence-corrected chi connectivity index (χ3v) is 4.78. The normalized spacial score (nSPS) is 22.1. The van der Waals surface area contributed by atoms with Crippen molar-refractivity contribution >= 4 is 10.0 Å². The molecule has 19 heavy (non-hydrogen) atoms. The minimum atomic E-state index is -3.58. The van der Waals surface area contributed by atoms with E-state index in [9.17, 15) is 8.42 Å². The van der Waals surface area contributed by atoms with E-state index in [1.807, 2.05) is 6.92 Å². The number of ether oxygens (including phenoxy) is 1. The van der Waals surface area contributed by atoms with Gasteiger partial charge in [-0.15, -0.1) is 0 Å². The molecule has 1 fully saturated rings. The van der Waals surface area contributed by atoms with E-state index in [0.717, 1.165) is 0 Å². The molecule has 106 valence electrons. The fourth-order valence-corrected chi connectivity index (χ4v) is 3.43. The summed E-state index contributed by atoms with van der Waals surface area (Å²) in [5.41, 5.74) is 0.589. The van der Waals surface area contributed by atoms with Gasteiger partial charge in [-0.1, -0.05) is 6.07 Å². The first-order chi connectivity index (χ1) is 9.04. The summed E-state index contributed by atoms with van der Waals surface area (Å²) in [5, 5.41) is 8.95. The van der Waals surface area contributed by atoms with E-state index in [-0.39, 0.29) is 17.7 Å². The van der Waals surface area contributed by atoms with Crippen LogP contribution in [0.15, 0.2) is 23.4 Å². The van der Waals surface area contributed by atoms with Crippen LogP contribution in [0.3, 0.4) is 0 Å². The monoisotopic (exact) mass is 286 g/mol. The highest BCUT2D eigenvalue weighted by Crippen LogP contribution is 2.17. The molecule has 0 aromatic carbocycles. The van der Waals surface area contributed by atoms with E-state index < -0.39 is 10.0 Å². The Morgan fingerprint density at radius 3 is 2.95 bits per heavy atom. The SMILES string of the molecule is CC1CN(S(=O)(=O)c2ccc(CO)cn2)CCCO1. The van der Waals surface area contributed by atoms with Crippen molar-refractivity contribution in [1.82, 2.24) is 9.29 Å². The molecular weight excluding hydrogens is 268 g/mol. The molecule has 1 aliphatic rings. The van der Waals surface area contributed by atoms with Gasteiger partial charge in [0.25, 0.3) is 10.0 Å². The average molecular weight is 286 g/mol. The van der Waals surface area contributed by atoms with Crippen LogP contribution in [0.4, 0.5) is 0 Å². The number of sulfonamides is 1. The Morgan fingerprint density at radius 2 is 2.32 bits per heavy atom. The molecule has 0 radical (unpaired) electrons. The highest BCUT2D eigenvalue weighted by Gasteiger charge is 2.28. The number of hydrogen-bond donors (Lipinski definition) is 1. The number of aliphatic hydroxyl groups excluding tert-OH is 1. The average Bonchev–Trinajstić information content (AvgIpc) is 2.64. The van der Waals surface area contributed by atoms with E-state index in [0.29, 0.717) is 31.7 Å². The molecule has 1 saturated heterocycles. The first-order valence-electron chi connectivity index (χ1n) is 6.21. The van der Waals surface area contributed by atoms with Gasteiger partial charge in [0.15, 0.2) is 5.03 Å². The van der Waals surface area contributed by atoms with Crippen molar-refractivity contribution in [2.45, 2.75) is 31.1 Å². The van der Waals surface area contributed by atoms with Crippen LogP contribution in [0, 0.1) is 0 Å². The minimum Gasteiger partial charge on any atom is -0.392 e. The van der Waals surface area contributed by atoms with Gasteiger partial charge < -0.3 is 9.84 Å². The quantitative estimate of drug-likeness (QED) is 0.868. The summed E-state index contributed by atoms with van der Waals surface area (Å²) in [7, 11) is -3.58. The molecule has 0 spiro atoms. The number of pyridine rings is 1. The minimum absolute atomic E-state index is 0.0128. The third-order valence-electron chi connectivity index (χ3n) is 3.00. The number of aromatic nitrogens is 1. The van der Waals surface area contributed by atoms with E-state index >= 15 is 0 Å². The van der Waals surface area contributed by atoms with Gasteiger partial charge >= 0.3 is 0 Å². The standard InChI is InChI=1S/C12H18N2O4S/c1-10-8-14(5-2-6-18-10)19(16,17)12-4-3-11(9-15)7-13-12/h3-4,7,10,15H,2,5-6,8-9H2,1H3. The van der Waals surface area contributed by atoms with Gasteiger partial charge in [0.05, 0.1) is 12.7 Å². The Kier molecular flexibility index (Phi) is 4.51. The second kappa shape index (κ2) is 5.96. The van der Waals surface area contributed by atoms with E-state index in [4.69, 9.17) is 9.84 Å². The van der Waals surface area contributed by atoms with Crippen molar-refractivity contribution in [2.75, 3.05) is 19.7 Å². The molecule has 1 atom stereocenters. The Hall–Kier alpha value is -1.02. The van der Waals surface area contributed by atoms with Crippen LogP contribution in [0.2, 0.25) is 0 Å². The lowest BCUT2D eigenvalue weighted by molar-refractivity contribution is 0.0752. The summed E-state index contributed by atoms with van der Waals surface area (Å²) in [6.45, 7) is 3.06. The van der Waals surface area contributed by atoms with Gasteiger partial charge in [-0.3, -0.25) is 0 Å². The van der Waals surface area contributed by atoms with Gasteiger partial charge in [-0.2, -0.15) is 4.31 Å². The maximum absolute atomic E-state index is 12.4. The molecule has 1 N–H and O–H groups in total. The van der Waals surface area contributed by atoms with Crippen LogP contribution < -0.4 is 0 Å². The molecule has 0 saturated carbocycles. The summed E-state index contributed by atoms with van der Waals surface area (Å²) in [4.78, 5) is 3.92. The predicted molar refractivity (Wildman–Crippen MR) is 68.9 cm³/mol. The Labute approximate surface area is 113 Å². The molecule has 2 heterocycles. The lowest BCUT2D eigenvalue weighted by atomic mass is 10.3. The Bertz CT molecular complexity index is 515. The van der Waals surface area contributed by atoms with Gasteiger partial charge in [0.2, 0.25) is 0 Å². The number of aliphatic hydroxyl groups is 1. The molecule has 1 aromatic rings. The predicted octanol–water partition coefficient (Wildman–Crippen LogP) is 0.373. The first kappa shape index (κ1) is 14.4. The first-order valence-corrected chi connectivity index (χ1v) is 7.65. The molecule has 0 aliphatic carbocycles. The summed E-state index contributed by atoms with van der Waals surface area (Å²) in [6.07, 6.45) is 1.94. The molecule has 7 heteroatoms. The maximum Gasteiger partial charge on any atom is 0.260 e. The zero-order valence-electron chi connectivity index (χ0n) is 10.8. The fraction of sp³-hybridized carbons (Fsp3) is 0.583. The molecule has 0 bridgehead atoms. The Morgan fingerprint density at radius 1 is 1.53 bits per heavy atom. The van der Waals surface area contributed by atoms with Crippen LogP contribution in [0.25, 0.3) is 0 Å². The zero-order valence-corrected chi connectivity index (χ0v) is 11.6. The van der Waals surface area contributed by atoms with Crippen molar-refractivity contribution in [3.63, 3.8) is 0 Å². The van der Waals surface area contributed by atoms with Crippen LogP contribution in [0.5, 0.6) is 0 Å². The molecule has 1 aromatic heterocycles. The highest BCUT2D eigenvalue weighted by molar-refractivity contribution is 7.89. The summed E-state index contributed by atoms with van der Waals surface area (Å²) < 4.78 is 31.7. The third kappa shape index (κ3) is 3.30. The molecular formula is C12H18N2O4S. The van der Waals surface area contributed by atoms with Crippen LogP contribution >= 0.6 is 0 Å².